The van der Waals surface area contributed by atoms with Gasteiger partial charge in [-0.05, 0) is 49.2 Å². The van der Waals surface area contributed by atoms with Crippen molar-refractivity contribution in [3.63, 3.8) is 0 Å². The van der Waals surface area contributed by atoms with E-state index in [1.54, 1.807) is 31.2 Å². The zero-order chi connectivity index (χ0) is 19.6. The zero-order valence-electron chi connectivity index (χ0n) is 15.4. The molecule has 1 heterocycles. The Hall–Kier alpha value is -2.42. The number of nitrogens with zero attached hydrogens (tertiary/aromatic N) is 1. The van der Waals surface area contributed by atoms with Crippen LogP contribution in [-0.2, 0) is 14.8 Å². The van der Waals surface area contributed by atoms with Crippen LogP contribution in [0.15, 0.2) is 41.3 Å². The van der Waals surface area contributed by atoms with Crippen LogP contribution in [0, 0.1) is 13.8 Å². The third kappa shape index (κ3) is 4.13. The van der Waals surface area contributed by atoms with E-state index in [4.69, 9.17) is 10.5 Å². The lowest BCUT2D eigenvalue weighted by molar-refractivity contribution is 0.0730. The molecular formula is C19H23N3O4S. The molecule has 3 rings (SSSR count). The molecule has 1 fully saturated rings. The minimum Gasteiger partial charge on any atom is -0.399 e. The van der Waals surface area contributed by atoms with Crippen LogP contribution in [0.1, 0.15) is 21.5 Å². The van der Waals surface area contributed by atoms with Gasteiger partial charge < -0.3 is 15.8 Å². The van der Waals surface area contributed by atoms with Gasteiger partial charge in [0.1, 0.15) is 0 Å². The van der Waals surface area contributed by atoms with Gasteiger partial charge in [0.15, 0.2) is 0 Å². The van der Waals surface area contributed by atoms with Gasteiger partial charge in [-0.15, -0.1) is 0 Å². The second-order valence-electron chi connectivity index (χ2n) is 6.53. The Morgan fingerprint density at radius 1 is 1.07 bits per heavy atom. The van der Waals surface area contributed by atoms with Gasteiger partial charge >= 0.3 is 0 Å². The van der Waals surface area contributed by atoms with Crippen molar-refractivity contribution in [3.05, 3.63) is 53.1 Å². The van der Waals surface area contributed by atoms with Gasteiger partial charge in [0.2, 0.25) is 10.0 Å². The maximum Gasteiger partial charge on any atom is 0.255 e. The number of nitrogens with two attached hydrogens (primary N) is 1. The van der Waals surface area contributed by atoms with Gasteiger partial charge in [0.05, 0.1) is 18.1 Å². The summed E-state index contributed by atoms with van der Waals surface area (Å²) < 4.78 is 32.5. The summed E-state index contributed by atoms with van der Waals surface area (Å²) in [5.41, 5.74) is 8.65. The van der Waals surface area contributed by atoms with Crippen molar-refractivity contribution in [2.75, 3.05) is 37.4 Å². The third-order valence-corrected chi connectivity index (χ3v) is 6.59. The largest absolute Gasteiger partial charge is 0.399 e. The number of carbonyl (C=O) groups is 1. The van der Waals surface area contributed by atoms with E-state index >= 15 is 0 Å². The van der Waals surface area contributed by atoms with E-state index in [-0.39, 0.29) is 16.4 Å². The molecule has 1 aliphatic rings. The van der Waals surface area contributed by atoms with Gasteiger partial charge in [-0.2, -0.15) is 4.31 Å². The number of hydrogen-bond acceptors (Lipinski definition) is 5. The van der Waals surface area contributed by atoms with Gasteiger partial charge in [-0.3, -0.25) is 4.79 Å². The first-order valence-corrected chi connectivity index (χ1v) is 10.1. The number of rotatable bonds is 4. The number of amides is 1. The lowest BCUT2D eigenvalue weighted by atomic mass is 10.1. The average Bonchev–Trinajstić information content (AvgIpc) is 2.65. The van der Waals surface area contributed by atoms with Crippen molar-refractivity contribution in [3.8, 4) is 0 Å². The van der Waals surface area contributed by atoms with Crippen molar-refractivity contribution in [2.45, 2.75) is 18.7 Å². The molecule has 1 aliphatic heterocycles. The van der Waals surface area contributed by atoms with Crippen LogP contribution in [0.3, 0.4) is 0 Å². The Bertz CT molecular complexity index is 967. The molecule has 0 radical (unpaired) electrons. The molecule has 2 aromatic rings. The van der Waals surface area contributed by atoms with Crippen LogP contribution in [0.4, 0.5) is 11.4 Å². The van der Waals surface area contributed by atoms with E-state index in [1.807, 2.05) is 13.0 Å². The lowest BCUT2D eigenvalue weighted by Crippen LogP contribution is -2.40. The molecular weight excluding hydrogens is 366 g/mol. The number of nitrogens with one attached hydrogen (secondary N) is 1. The number of hydrogen-bond donors (Lipinski definition) is 2. The second-order valence-corrected chi connectivity index (χ2v) is 8.43. The van der Waals surface area contributed by atoms with Crippen molar-refractivity contribution in [1.82, 2.24) is 4.31 Å². The summed E-state index contributed by atoms with van der Waals surface area (Å²) in [6, 6.07) is 9.93. The quantitative estimate of drug-likeness (QED) is 0.780. The van der Waals surface area contributed by atoms with E-state index in [9.17, 15) is 13.2 Å². The molecule has 0 spiro atoms. The minimum absolute atomic E-state index is 0.140. The summed E-state index contributed by atoms with van der Waals surface area (Å²) >= 11 is 0. The van der Waals surface area contributed by atoms with E-state index in [0.29, 0.717) is 43.2 Å². The maximum atomic E-state index is 13.0. The predicted molar refractivity (Wildman–Crippen MR) is 104 cm³/mol. The molecule has 0 bridgehead atoms. The number of sulfonamides is 1. The number of ether oxygens (including phenoxy) is 1. The summed E-state index contributed by atoms with van der Waals surface area (Å²) in [5.74, 6) is -0.387. The Kier molecular flexibility index (Phi) is 5.50. The molecule has 27 heavy (non-hydrogen) atoms. The third-order valence-electron chi connectivity index (χ3n) is 4.55. The monoisotopic (exact) mass is 389 g/mol. The first-order chi connectivity index (χ1) is 12.8. The summed E-state index contributed by atoms with van der Waals surface area (Å²) in [4.78, 5) is 12.8. The number of nitrogen functional groups attached to an aromatic ring is 1. The van der Waals surface area contributed by atoms with Crippen molar-refractivity contribution >= 4 is 27.3 Å². The maximum absolute atomic E-state index is 13.0. The highest BCUT2D eigenvalue weighted by Crippen LogP contribution is 2.24. The molecule has 144 valence electrons. The molecule has 0 aromatic heterocycles. The highest BCUT2D eigenvalue weighted by molar-refractivity contribution is 7.89. The Morgan fingerprint density at radius 3 is 2.44 bits per heavy atom. The number of carbonyl (C=O) groups excluding carboxylic acids is 1. The number of aryl methyl sites for hydroxylation is 2. The Balaban J connectivity index is 1.90. The predicted octanol–water partition coefficient (Wildman–Crippen LogP) is 2.16. The normalized spacial score (nSPS) is 15.5. The highest BCUT2D eigenvalue weighted by atomic mass is 32.2. The molecule has 7 nitrogen and oxygen atoms in total. The van der Waals surface area contributed by atoms with Gasteiger partial charge in [-0.25, -0.2) is 8.42 Å². The van der Waals surface area contributed by atoms with Crippen LogP contribution in [-0.4, -0.2) is 44.9 Å². The Labute approximate surface area is 159 Å². The zero-order valence-corrected chi connectivity index (χ0v) is 16.2. The van der Waals surface area contributed by atoms with Crippen LogP contribution in [0.2, 0.25) is 0 Å². The summed E-state index contributed by atoms with van der Waals surface area (Å²) in [5, 5.41) is 2.80. The average molecular weight is 389 g/mol. The molecule has 0 atom stereocenters. The van der Waals surface area contributed by atoms with E-state index in [2.05, 4.69) is 5.32 Å². The van der Waals surface area contributed by atoms with E-state index < -0.39 is 10.0 Å². The fourth-order valence-electron chi connectivity index (χ4n) is 2.91. The first-order valence-electron chi connectivity index (χ1n) is 8.65. The number of morpholine rings is 1. The molecule has 3 N–H and O–H groups in total. The summed E-state index contributed by atoms with van der Waals surface area (Å²) in [7, 11) is -3.68. The van der Waals surface area contributed by atoms with E-state index in [1.165, 1.54) is 10.4 Å². The van der Waals surface area contributed by atoms with Crippen LogP contribution >= 0.6 is 0 Å². The van der Waals surface area contributed by atoms with Gasteiger partial charge in [0, 0.05) is 30.0 Å². The molecule has 0 unspecified atom stereocenters. The molecule has 1 amide bonds. The summed E-state index contributed by atoms with van der Waals surface area (Å²) in [6.45, 7) is 4.93. The van der Waals surface area contributed by atoms with Crippen molar-refractivity contribution in [1.29, 1.82) is 0 Å². The second kappa shape index (κ2) is 7.67. The Morgan fingerprint density at radius 2 is 1.74 bits per heavy atom. The molecule has 8 heteroatoms. The van der Waals surface area contributed by atoms with E-state index in [0.717, 1.165) is 5.56 Å². The standard InChI is InChI=1S/C19H23N3O4S/c1-13-4-6-16(20)12-17(13)21-19(23)15-5-3-14(2)18(11-15)27(24,25)22-7-9-26-10-8-22/h3-6,11-12H,7-10,20H2,1-2H3,(H,21,23). The van der Waals surface area contributed by atoms with Crippen molar-refractivity contribution < 1.29 is 17.9 Å². The smallest absolute Gasteiger partial charge is 0.255 e. The van der Waals surface area contributed by atoms with Gasteiger partial charge in [-0.1, -0.05) is 12.1 Å². The molecule has 1 saturated heterocycles. The minimum atomic E-state index is -3.68. The molecule has 0 aliphatic carbocycles. The fourth-order valence-corrected chi connectivity index (χ4v) is 4.57. The van der Waals surface area contributed by atoms with Crippen LogP contribution in [0.5, 0.6) is 0 Å². The topological polar surface area (TPSA) is 102 Å². The van der Waals surface area contributed by atoms with Crippen LogP contribution < -0.4 is 11.1 Å². The molecule has 2 aromatic carbocycles. The first kappa shape index (κ1) is 19.3. The SMILES string of the molecule is Cc1ccc(N)cc1NC(=O)c1ccc(C)c(S(=O)(=O)N2CCOCC2)c1. The van der Waals surface area contributed by atoms with Gasteiger partial charge in [0.25, 0.3) is 5.91 Å². The fraction of sp³-hybridized carbons (Fsp3) is 0.316. The van der Waals surface area contributed by atoms with Crippen LogP contribution in [0.25, 0.3) is 0 Å². The number of anilines is 2. The summed E-state index contributed by atoms with van der Waals surface area (Å²) in [6.07, 6.45) is 0. The highest BCUT2D eigenvalue weighted by Gasteiger charge is 2.28. The van der Waals surface area contributed by atoms with Crippen molar-refractivity contribution in [2.24, 2.45) is 0 Å². The lowest BCUT2D eigenvalue weighted by Gasteiger charge is -2.26. The number of benzene rings is 2. The molecule has 0 saturated carbocycles.